The molecule has 2 unspecified atom stereocenters. The van der Waals surface area contributed by atoms with E-state index in [0.29, 0.717) is 0 Å². The molecular formula is C21H38N2O7Si2. The molecule has 2 N–H and O–H groups in total. The molecule has 0 spiro atoms. The Morgan fingerprint density at radius 3 is 2.06 bits per heavy atom. The number of rotatable bonds is 5. The number of nitrogens with zero attached hydrogens (tertiary/aromatic N) is 1. The molecule has 1 aromatic heterocycles. The van der Waals surface area contributed by atoms with Gasteiger partial charge in [-0.1, -0.05) is 55.4 Å². The fourth-order valence-electron chi connectivity index (χ4n) is 4.99. The number of nitrogens with one attached hydrogen (secondary N) is 1. The number of H-pyrrole nitrogens is 1. The number of aliphatic hydroxyl groups excluding tert-OH is 1. The van der Waals surface area contributed by atoms with Crippen LogP contribution >= 0.6 is 0 Å². The summed E-state index contributed by atoms with van der Waals surface area (Å²) in [5, 5.41) is 11.2. The van der Waals surface area contributed by atoms with Crippen LogP contribution in [0.5, 0.6) is 0 Å². The van der Waals surface area contributed by atoms with Crippen LogP contribution in [0.4, 0.5) is 0 Å². The van der Waals surface area contributed by atoms with Gasteiger partial charge in [0.2, 0.25) is 0 Å². The maximum Gasteiger partial charge on any atom is 0.335 e. The highest BCUT2D eigenvalue weighted by molar-refractivity contribution is 6.83. The van der Waals surface area contributed by atoms with Gasteiger partial charge in [-0.2, -0.15) is 0 Å². The van der Waals surface area contributed by atoms with Crippen LogP contribution in [0.25, 0.3) is 0 Å². The number of hydrogen-bond acceptors (Lipinski definition) is 7. The second-order valence-corrected chi connectivity index (χ2v) is 19.0. The minimum Gasteiger partial charge on any atom is -0.414 e. The normalized spacial score (nSPS) is 30.0. The average Bonchev–Trinajstić information content (AvgIpc) is 2.96. The summed E-state index contributed by atoms with van der Waals surface area (Å²) in [4.78, 5) is 26.1. The van der Waals surface area contributed by atoms with Crippen molar-refractivity contribution < 1.29 is 22.8 Å². The highest BCUT2D eigenvalue weighted by Crippen LogP contribution is 2.48. The van der Waals surface area contributed by atoms with Gasteiger partial charge in [0.15, 0.2) is 6.23 Å². The van der Waals surface area contributed by atoms with E-state index in [1.807, 2.05) is 0 Å². The first kappa shape index (κ1) is 25.5. The molecule has 32 heavy (non-hydrogen) atoms. The predicted molar refractivity (Wildman–Crippen MR) is 125 cm³/mol. The van der Waals surface area contributed by atoms with Gasteiger partial charge in [-0.15, -0.1) is 0 Å². The summed E-state index contributed by atoms with van der Waals surface area (Å²) < 4.78 is 27.9. The molecule has 0 aliphatic carbocycles. The van der Waals surface area contributed by atoms with Crippen molar-refractivity contribution in [2.45, 2.75) is 102 Å². The molecule has 0 bridgehead atoms. The summed E-state index contributed by atoms with van der Waals surface area (Å²) in [6.45, 7) is 17.2. The van der Waals surface area contributed by atoms with Gasteiger partial charge in [-0.05, 0) is 22.2 Å². The number of aromatic nitrogens is 2. The van der Waals surface area contributed by atoms with E-state index < -0.39 is 52.9 Å². The van der Waals surface area contributed by atoms with Crippen molar-refractivity contribution in [3.05, 3.63) is 33.1 Å². The summed E-state index contributed by atoms with van der Waals surface area (Å²) in [6.07, 6.45) is -2.04. The van der Waals surface area contributed by atoms with Gasteiger partial charge in [0, 0.05) is 12.3 Å². The molecular weight excluding hydrogens is 448 g/mol. The lowest BCUT2D eigenvalue weighted by Crippen LogP contribution is -2.65. The molecule has 3 rings (SSSR count). The molecule has 0 aromatic carbocycles. The fourth-order valence-corrected chi connectivity index (χ4v) is 16.2. The van der Waals surface area contributed by atoms with Crippen LogP contribution in [0.3, 0.4) is 0 Å². The molecule has 9 nitrogen and oxygen atoms in total. The topological polar surface area (TPSA) is 112 Å². The fraction of sp³-hybridized carbons (Fsp3) is 0.810. The third-order valence-corrected chi connectivity index (χ3v) is 17.0. The molecule has 0 amide bonds. The van der Waals surface area contributed by atoms with Crippen LogP contribution in [0.2, 0.25) is 22.2 Å². The van der Waals surface area contributed by atoms with Crippen molar-refractivity contribution in [3.63, 3.8) is 0 Å². The zero-order chi connectivity index (χ0) is 24.0. The first-order valence-electron chi connectivity index (χ1n) is 11.5. The summed E-state index contributed by atoms with van der Waals surface area (Å²) >= 11 is 0. The van der Waals surface area contributed by atoms with Gasteiger partial charge in [0.1, 0.15) is 18.3 Å². The Kier molecular flexibility index (Phi) is 7.40. The molecule has 4 atom stereocenters. The van der Waals surface area contributed by atoms with Crippen LogP contribution in [0.15, 0.2) is 21.9 Å². The molecule has 2 aliphatic rings. The molecule has 2 fully saturated rings. The van der Waals surface area contributed by atoms with E-state index in [1.165, 1.54) is 16.8 Å². The Morgan fingerprint density at radius 1 is 1.00 bits per heavy atom. The quantitative estimate of drug-likeness (QED) is 0.616. The first-order chi connectivity index (χ1) is 14.9. The van der Waals surface area contributed by atoms with Gasteiger partial charge in [-0.3, -0.25) is 14.3 Å². The standard InChI is InChI=1S/C21H38N2O7Si2/c1-12(2)31(13(3)4)27-11-16-19(29-32(30-31,14(5)6)15(7)8)18(25)20(28-16)23-10-9-17(24)22-21(23)26/h9-10,12-16,18-20,25H,11H2,1-8H3,(H,22,24,26)/t16-,18?,19+,20?/m1/s1. The smallest absolute Gasteiger partial charge is 0.335 e. The largest absolute Gasteiger partial charge is 0.414 e. The van der Waals surface area contributed by atoms with Gasteiger partial charge >= 0.3 is 22.8 Å². The zero-order valence-electron chi connectivity index (χ0n) is 20.3. The maximum absolute atomic E-state index is 12.4. The van der Waals surface area contributed by atoms with Crippen molar-refractivity contribution in [2.24, 2.45) is 0 Å². The highest BCUT2D eigenvalue weighted by Gasteiger charge is 2.61. The molecule has 11 heteroatoms. The van der Waals surface area contributed by atoms with Crippen LogP contribution in [-0.2, 0) is 17.7 Å². The summed E-state index contributed by atoms with van der Waals surface area (Å²) in [5.41, 5.74) is -0.551. The number of hydrogen-bond donors (Lipinski definition) is 2. The lowest BCUT2D eigenvalue weighted by atomic mass is 10.1. The van der Waals surface area contributed by atoms with E-state index in [-0.39, 0.29) is 28.8 Å². The lowest BCUT2D eigenvalue weighted by molar-refractivity contribution is -0.0600. The van der Waals surface area contributed by atoms with E-state index in [2.05, 4.69) is 60.4 Å². The summed E-state index contributed by atoms with van der Waals surface area (Å²) in [6, 6.07) is 1.23. The van der Waals surface area contributed by atoms with E-state index in [9.17, 15) is 14.7 Å². The molecule has 1 aromatic rings. The SMILES string of the molecule is CC(C)[Si]1(C(C)C)OC[C@H]2OC(n3ccc(=O)[nH]c3=O)C(O)[C@H]2O[Si](C(C)C)(C(C)C)O1. The first-order valence-corrected chi connectivity index (χ1v) is 15.5. The summed E-state index contributed by atoms with van der Waals surface area (Å²) in [7, 11) is -5.63. The van der Waals surface area contributed by atoms with Crippen LogP contribution in [-0.4, -0.2) is 56.7 Å². The van der Waals surface area contributed by atoms with E-state index >= 15 is 0 Å². The Balaban J connectivity index is 2.08. The third-order valence-electron chi connectivity index (χ3n) is 6.77. The molecule has 2 aliphatic heterocycles. The molecule has 3 heterocycles. The van der Waals surface area contributed by atoms with E-state index in [4.69, 9.17) is 17.7 Å². The van der Waals surface area contributed by atoms with Crippen LogP contribution in [0, 0.1) is 0 Å². The van der Waals surface area contributed by atoms with Crippen LogP contribution in [0.1, 0.15) is 61.6 Å². The van der Waals surface area contributed by atoms with Crippen molar-refractivity contribution in [1.82, 2.24) is 9.55 Å². The minimum absolute atomic E-state index is 0.108. The Hall–Kier alpha value is -1.09. The van der Waals surface area contributed by atoms with Gasteiger partial charge in [0.05, 0.1) is 6.61 Å². The molecule has 2 saturated heterocycles. The monoisotopic (exact) mass is 486 g/mol. The summed E-state index contributed by atoms with van der Waals surface area (Å²) in [5.74, 6) is 0. The van der Waals surface area contributed by atoms with Crippen molar-refractivity contribution >= 4 is 17.1 Å². The Morgan fingerprint density at radius 2 is 1.56 bits per heavy atom. The lowest BCUT2D eigenvalue weighted by Gasteiger charge is -2.51. The highest BCUT2D eigenvalue weighted by atomic mass is 28.5. The minimum atomic E-state index is -2.91. The third kappa shape index (κ3) is 4.24. The van der Waals surface area contributed by atoms with Gasteiger partial charge < -0.3 is 22.8 Å². The second-order valence-electron chi connectivity index (χ2n) is 10.1. The number of ether oxygens (including phenoxy) is 1. The van der Waals surface area contributed by atoms with E-state index in [1.54, 1.807) is 0 Å². The van der Waals surface area contributed by atoms with Crippen molar-refractivity contribution in [3.8, 4) is 0 Å². The predicted octanol–water partition coefficient (Wildman–Crippen LogP) is 2.75. The van der Waals surface area contributed by atoms with Gasteiger partial charge in [0.25, 0.3) is 5.56 Å². The number of aromatic amines is 1. The maximum atomic E-state index is 12.4. The molecule has 0 radical (unpaired) electrons. The van der Waals surface area contributed by atoms with Crippen LogP contribution < -0.4 is 11.2 Å². The second kappa shape index (κ2) is 9.28. The number of fused-ring (bicyclic) bond motifs is 1. The zero-order valence-corrected chi connectivity index (χ0v) is 22.3. The Labute approximate surface area is 191 Å². The van der Waals surface area contributed by atoms with Crippen molar-refractivity contribution in [2.75, 3.05) is 6.61 Å². The Bertz CT molecular complexity index is 898. The van der Waals surface area contributed by atoms with Gasteiger partial charge in [-0.25, -0.2) is 4.79 Å². The van der Waals surface area contributed by atoms with Crippen molar-refractivity contribution in [1.29, 1.82) is 0 Å². The number of aliphatic hydroxyl groups is 1. The average molecular weight is 487 g/mol. The molecule has 0 saturated carbocycles. The van der Waals surface area contributed by atoms with E-state index in [0.717, 1.165) is 0 Å². The molecule has 182 valence electrons.